The molecule has 1 aromatic rings. The van der Waals surface area contributed by atoms with Crippen molar-refractivity contribution in [2.45, 2.75) is 19.3 Å². The zero-order chi connectivity index (χ0) is 18.4. The Morgan fingerprint density at radius 3 is 2.84 bits per heavy atom. The van der Waals surface area contributed by atoms with Gasteiger partial charge in [-0.3, -0.25) is 14.4 Å². The van der Waals surface area contributed by atoms with E-state index < -0.39 is 5.97 Å². The molecule has 1 atom stereocenters. The number of rotatable bonds is 6. The van der Waals surface area contributed by atoms with E-state index in [0.29, 0.717) is 32.4 Å². The van der Waals surface area contributed by atoms with Crippen molar-refractivity contribution >= 4 is 17.8 Å². The monoisotopic (exact) mass is 350 g/mol. The molecule has 1 unspecified atom stereocenters. The molecule has 25 heavy (non-hydrogen) atoms. The van der Waals surface area contributed by atoms with E-state index in [4.69, 9.17) is 0 Å². The smallest absolute Gasteiger partial charge is 0.325 e. The number of piperidine rings is 1. The first-order valence-electron chi connectivity index (χ1n) is 8.24. The number of ether oxygens (including phenoxy) is 1. The van der Waals surface area contributed by atoms with E-state index in [0.717, 1.165) is 5.56 Å². The average molecular weight is 350 g/mol. The average Bonchev–Trinajstić information content (AvgIpc) is 2.60. The second-order valence-electron chi connectivity index (χ2n) is 6.23. The number of carbonyl (C=O) groups excluding carboxylic acids is 3. The molecule has 2 rings (SSSR count). The number of likely N-dealkylation sites (tertiary alicyclic amines) is 1. The van der Waals surface area contributed by atoms with Crippen LogP contribution in [0.2, 0.25) is 0 Å². The fraction of sp³-hybridized carbons (Fsp3) is 0.500. The Morgan fingerprint density at radius 2 is 2.16 bits per heavy atom. The number of likely N-dealkylation sites (N-methyl/N-ethyl adjacent to an activating group) is 1. The first-order chi connectivity index (χ1) is 11.9. The summed E-state index contributed by atoms with van der Waals surface area (Å²) in [6.45, 7) is 0.647. The lowest BCUT2D eigenvalue weighted by molar-refractivity contribution is -0.149. The van der Waals surface area contributed by atoms with Gasteiger partial charge in [-0.05, 0) is 30.5 Å². The molecule has 1 aromatic carbocycles. The first-order valence-corrected chi connectivity index (χ1v) is 8.24. The van der Waals surface area contributed by atoms with Crippen LogP contribution in [0.1, 0.15) is 18.4 Å². The number of esters is 1. The maximum absolute atomic E-state index is 13.2. The summed E-state index contributed by atoms with van der Waals surface area (Å²) in [5.41, 5.74) is 0.809. The first kappa shape index (κ1) is 18.9. The van der Waals surface area contributed by atoms with Crippen LogP contribution in [0.3, 0.4) is 0 Å². The number of methoxy groups -OCH3 is 1. The molecule has 1 saturated heterocycles. The van der Waals surface area contributed by atoms with E-state index in [1.165, 1.54) is 24.1 Å². The molecule has 0 radical (unpaired) electrons. The lowest BCUT2D eigenvalue weighted by Gasteiger charge is -2.33. The lowest BCUT2D eigenvalue weighted by atomic mass is 9.95. The molecule has 7 heteroatoms. The van der Waals surface area contributed by atoms with Crippen LogP contribution in [0.4, 0.5) is 4.39 Å². The van der Waals surface area contributed by atoms with Gasteiger partial charge in [0.2, 0.25) is 11.8 Å². The predicted octanol–water partition coefficient (Wildman–Crippen LogP) is 1.24. The van der Waals surface area contributed by atoms with Crippen LogP contribution >= 0.6 is 0 Å². The number of hydrogen-bond donors (Lipinski definition) is 0. The summed E-state index contributed by atoms with van der Waals surface area (Å²) < 4.78 is 17.8. The molecule has 0 spiro atoms. The third kappa shape index (κ3) is 5.27. The summed E-state index contributed by atoms with van der Waals surface area (Å²) in [6, 6.07) is 6.27. The van der Waals surface area contributed by atoms with Gasteiger partial charge in [-0.15, -0.1) is 0 Å². The topological polar surface area (TPSA) is 66.9 Å². The third-order valence-electron chi connectivity index (χ3n) is 4.38. The highest BCUT2D eigenvalue weighted by Crippen LogP contribution is 2.20. The molecular formula is C18H23FN2O4. The standard InChI is InChI=1S/C18H23FN2O4/c1-20(12-17(23)25-2)18(24)14-6-7-16(22)21(11-14)9-8-13-4-3-5-15(19)10-13/h3-5,10,14H,6-9,11-12H2,1-2H3. The Bertz CT molecular complexity index is 650. The predicted molar refractivity (Wildman–Crippen MR) is 89.1 cm³/mol. The van der Waals surface area contributed by atoms with Crippen LogP contribution < -0.4 is 0 Å². The van der Waals surface area contributed by atoms with E-state index in [9.17, 15) is 18.8 Å². The van der Waals surface area contributed by atoms with Gasteiger partial charge in [-0.25, -0.2) is 4.39 Å². The number of hydrogen-bond acceptors (Lipinski definition) is 4. The number of benzene rings is 1. The second-order valence-corrected chi connectivity index (χ2v) is 6.23. The molecule has 0 bridgehead atoms. The Morgan fingerprint density at radius 1 is 1.40 bits per heavy atom. The van der Waals surface area contributed by atoms with Gasteiger partial charge in [-0.1, -0.05) is 12.1 Å². The highest BCUT2D eigenvalue weighted by molar-refractivity contribution is 5.86. The third-order valence-corrected chi connectivity index (χ3v) is 4.38. The molecule has 1 fully saturated rings. The lowest BCUT2D eigenvalue weighted by Crippen LogP contribution is -2.47. The minimum absolute atomic E-state index is 0.00364. The molecule has 136 valence electrons. The number of halogens is 1. The Labute approximate surface area is 146 Å². The van der Waals surface area contributed by atoms with E-state index in [1.807, 2.05) is 6.07 Å². The fourth-order valence-electron chi connectivity index (χ4n) is 2.94. The molecule has 6 nitrogen and oxygen atoms in total. The van der Waals surface area contributed by atoms with Gasteiger partial charge in [0.15, 0.2) is 0 Å². The van der Waals surface area contributed by atoms with Crippen molar-refractivity contribution in [1.82, 2.24) is 9.80 Å². The maximum Gasteiger partial charge on any atom is 0.325 e. The molecule has 0 N–H and O–H groups in total. The van der Waals surface area contributed by atoms with Crippen LogP contribution in [-0.2, 0) is 25.5 Å². The largest absolute Gasteiger partial charge is 0.468 e. The normalized spacial score (nSPS) is 17.3. The minimum atomic E-state index is -0.481. The summed E-state index contributed by atoms with van der Waals surface area (Å²) in [7, 11) is 2.82. The van der Waals surface area contributed by atoms with Crippen molar-refractivity contribution in [2.24, 2.45) is 5.92 Å². The van der Waals surface area contributed by atoms with Crippen molar-refractivity contribution in [3.05, 3.63) is 35.6 Å². The van der Waals surface area contributed by atoms with Crippen LogP contribution in [0.5, 0.6) is 0 Å². The Balaban J connectivity index is 1.92. The Hall–Kier alpha value is -2.44. The van der Waals surface area contributed by atoms with Crippen LogP contribution in [-0.4, -0.2) is 61.4 Å². The van der Waals surface area contributed by atoms with Gasteiger partial charge in [0, 0.05) is 26.6 Å². The molecule has 0 aromatic heterocycles. The fourth-order valence-corrected chi connectivity index (χ4v) is 2.94. The number of nitrogens with zero attached hydrogens (tertiary/aromatic N) is 2. The zero-order valence-electron chi connectivity index (χ0n) is 14.5. The van der Waals surface area contributed by atoms with Gasteiger partial charge in [0.25, 0.3) is 0 Å². The van der Waals surface area contributed by atoms with Gasteiger partial charge >= 0.3 is 5.97 Å². The SMILES string of the molecule is COC(=O)CN(C)C(=O)C1CCC(=O)N(CCc2cccc(F)c2)C1. The molecule has 2 amide bonds. The van der Waals surface area contributed by atoms with Crippen molar-refractivity contribution in [3.8, 4) is 0 Å². The van der Waals surface area contributed by atoms with Gasteiger partial charge in [0.1, 0.15) is 12.4 Å². The number of carbonyl (C=O) groups is 3. The second kappa shape index (κ2) is 8.60. The van der Waals surface area contributed by atoms with Gasteiger partial charge in [-0.2, -0.15) is 0 Å². The molecule has 0 aliphatic carbocycles. The van der Waals surface area contributed by atoms with E-state index in [1.54, 1.807) is 18.0 Å². The summed E-state index contributed by atoms with van der Waals surface area (Å²) in [5.74, 6) is -1.30. The van der Waals surface area contributed by atoms with E-state index in [-0.39, 0.29) is 30.1 Å². The van der Waals surface area contributed by atoms with Gasteiger partial charge < -0.3 is 14.5 Å². The van der Waals surface area contributed by atoms with Crippen molar-refractivity contribution in [1.29, 1.82) is 0 Å². The zero-order valence-corrected chi connectivity index (χ0v) is 14.5. The summed E-state index contributed by atoms with van der Waals surface area (Å²) in [5, 5.41) is 0. The molecular weight excluding hydrogens is 327 g/mol. The van der Waals surface area contributed by atoms with Crippen LogP contribution in [0, 0.1) is 11.7 Å². The Kier molecular flexibility index (Phi) is 6.50. The highest BCUT2D eigenvalue weighted by Gasteiger charge is 2.32. The minimum Gasteiger partial charge on any atom is -0.468 e. The molecule has 1 aliphatic heterocycles. The van der Waals surface area contributed by atoms with E-state index >= 15 is 0 Å². The molecule has 1 aliphatic rings. The van der Waals surface area contributed by atoms with E-state index in [2.05, 4.69) is 4.74 Å². The van der Waals surface area contributed by atoms with Crippen molar-refractivity contribution < 1.29 is 23.5 Å². The summed E-state index contributed by atoms with van der Waals surface area (Å²) >= 11 is 0. The van der Waals surface area contributed by atoms with Crippen LogP contribution in [0.25, 0.3) is 0 Å². The van der Waals surface area contributed by atoms with Crippen molar-refractivity contribution in [2.75, 3.05) is 33.8 Å². The summed E-state index contributed by atoms with van der Waals surface area (Å²) in [4.78, 5) is 38.8. The highest BCUT2D eigenvalue weighted by atomic mass is 19.1. The number of amides is 2. The van der Waals surface area contributed by atoms with Crippen molar-refractivity contribution in [3.63, 3.8) is 0 Å². The summed E-state index contributed by atoms with van der Waals surface area (Å²) in [6.07, 6.45) is 1.30. The molecule has 0 saturated carbocycles. The van der Waals surface area contributed by atoms with Gasteiger partial charge in [0.05, 0.1) is 13.0 Å². The maximum atomic E-state index is 13.2. The quantitative estimate of drug-likeness (QED) is 0.724. The van der Waals surface area contributed by atoms with Crippen LogP contribution in [0.15, 0.2) is 24.3 Å². The molecule has 1 heterocycles.